The van der Waals surface area contributed by atoms with Gasteiger partial charge in [-0.1, -0.05) is 42.1 Å². The van der Waals surface area contributed by atoms with Crippen molar-refractivity contribution >= 4 is 39.2 Å². The number of carbonyl (C=O) groups excluding carboxylic acids is 1. The van der Waals surface area contributed by atoms with E-state index in [1.807, 2.05) is 65.0 Å². The summed E-state index contributed by atoms with van der Waals surface area (Å²) in [7, 11) is 0. The van der Waals surface area contributed by atoms with Gasteiger partial charge in [0, 0.05) is 10.9 Å². The molecule has 2 heterocycles. The van der Waals surface area contributed by atoms with Crippen LogP contribution < -0.4 is 10.9 Å². The van der Waals surface area contributed by atoms with Crippen LogP contribution in [0.15, 0.2) is 40.3 Å². The van der Waals surface area contributed by atoms with E-state index in [2.05, 4.69) is 5.32 Å². The van der Waals surface area contributed by atoms with Gasteiger partial charge in [-0.2, -0.15) is 0 Å². The Hall–Kier alpha value is -2.12. The second-order valence-corrected chi connectivity index (χ2v) is 9.26. The van der Waals surface area contributed by atoms with Crippen molar-refractivity contribution in [3.05, 3.63) is 56.7 Å². The van der Waals surface area contributed by atoms with Crippen LogP contribution in [0, 0.1) is 13.8 Å². The lowest BCUT2D eigenvalue weighted by Crippen LogP contribution is -2.29. The molecule has 0 saturated heterocycles. The molecule has 1 amide bonds. The van der Waals surface area contributed by atoms with Crippen molar-refractivity contribution < 1.29 is 4.79 Å². The molecule has 0 aliphatic heterocycles. The van der Waals surface area contributed by atoms with E-state index < -0.39 is 0 Å². The van der Waals surface area contributed by atoms with Crippen molar-refractivity contribution in [1.29, 1.82) is 0 Å². The van der Waals surface area contributed by atoms with Gasteiger partial charge in [0.2, 0.25) is 5.91 Å². The highest BCUT2D eigenvalue weighted by Crippen LogP contribution is 2.29. The number of fused-ring (bicyclic) bond motifs is 1. The fraction of sp³-hybridized carbons (Fsp3) is 0.381. The van der Waals surface area contributed by atoms with Crippen molar-refractivity contribution in [2.24, 2.45) is 0 Å². The number of nitrogens with one attached hydrogen (secondary N) is 1. The normalized spacial score (nSPS) is 12.5. The maximum absolute atomic E-state index is 13.0. The van der Waals surface area contributed by atoms with Gasteiger partial charge in [0.1, 0.15) is 4.83 Å². The van der Waals surface area contributed by atoms with Crippen LogP contribution in [0.2, 0.25) is 0 Å². The summed E-state index contributed by atoms with van der Waals surface area (Å²) in [6, 6.07) is 9.75. The average molecular weight is 416 g/mol. The van der Waals surface area contributed by atoms with E-state index >= 15 is 0 Å². The molecule has 0 radical (unpaired) electrons. The predicted molar refractivity (Wildman–Crippen MR) is 117 cm³/mol. The summed E-state index contributed by atoms with van der Waals surface area (Å²) in [6.07, 6.45) is 0. The summed E-state index contributed by atoms with van der Waals surface area (Å²) in [5.41, 5.74) is 2.03. The number of carbonyl (C=O) groups is 1. The molecule has 1 unspecified atom stereocenters. The molecule has 0 bridgehead atoms. The van der Waals surface area contributed by atoms with E-state index in [4.69, 9.17) is 4.98 Å². The first-order valence-electron chi connectivity index (χ1n) is 9.29. The molecule has 7 heteroatoms. The molecular formula is C21H25N3O2S2. The summed E-state index contributed by atoms with van der Waals surface area (Å²) in [4.78, 5) is 32.1. The van der Waals surface area contributed by atoms with Gasteiger partial charge in [-0.15, -0.1) is 11.3 Å². The molecule has 0 aliphatic carbocycles. The van der Waals surface area contributed by atoms with E-state index in [9.17, 15) is 9.59 Å². The number of aromatic nitrogens is 2. The summed E-state index contributed by atoms with van der Waals surface area (Å²) >= 11 is 2.84. The number of thiophene rings is 1. The van der Waals surface area contributed by atoms with E-state index in [1.165, 1.54) is 23.1 Å². The van der Waals surface area contributed by atoms with Gasteiger partial charge in [-0.3, -0.25) is 14.2 Å². The van der Waals surface area contributed by atoms with Gasteiger partial charge in [0.25, 0.3) is 5.56 Å². The number of benzene rings is 1. The van der Waals surface area contributed by atoms with Crippen LogP contribution in [0.5, 0.6) is 0 Å². The standard InChI is InChI=1S/C21H25N3O2S2/c1-12(2)24-20(26)18-13(3)15(5)28-19(18)23-21(24)27-11-17(25)22-14(4)16-9-7-6-8-10-16/h6-10,12,14H,11H2,1-5H3,(H,22,25). The Bertz CT molecular complexity index is 1050. The fourth-order valence-corrected chi connectivity index (χ4v) is 5.09. The Morgan fingerprint density at radius 1 is 1.21 bits per heavy atom. The van der Waals surface area contributed by atoms with Gasteiger partial charge in [0.15, 0.2) is 5.16 Å². The molecule has 2 aromatic heterocycles. The molecule has 1 N–H and O–H groups in total. The van der Waals surface area contributed by atoms with Crippen LogP contribution in [0.25, 0.3) is 10.2 Å². The zero-order chi connectivity index (χ0) is 20.4. The van der Waals surface area contributed by atoms with Crippen LogP contribution in [0.1, 0.15) is 48.9 Å². The monoisotopic (exact) mass is 415 g/mol. The maximum atomic E-state index is 13.0. The van der Waals surface area contributed by atoms with Crippen molar-refractivity contribution in [2.75, 3.05) is 5.75 Å². The zero-order valence-electron chi connectivity index (χ0n) is 16.8. The highest BCUT2D eigenvalue weighted by Gasteiger charge is 2.19. The zero-order valence-corrected chi connectivity index (χ0v) is 18.4. The third-order valence-electron chi connectivity index (χ3n) is 4.73. The van der Waals surface area contributed by atoms with E-state index in [-0.39, 0.29) is 29.3 Å². The Labute approximate surface area is 173 Å². The number of aryl methyl sites for hydroxylation is 2. The Morgan fingerprint density at radius 3 is 2.54 bits per heavy atom. The fourth-order valence-electron chi connectivity index (χ4n) is 3.08. The summed E-state index contributed by atoms with van der Waals surface area (Å²) < 4.78 is 1.69. The van der Waals surface area contributed by atoms with Gasteiger partial charge >= 0.3 is 0 Å². The summed E-state index contributed by atoms with van der Waals surface area (Å²) in [6.45, 7) is 9.86. The van der Waals surface area contributed by atoms with Crippen molar-refractivity contribution in [1.82, 2.24) is 14.9 Å². The van der Waals surface area contributed by atoms with Crippen LogP contribution in [0.3, 0.4) is 0 Å². The molecule has 0 spiro atoms. The first-order valence-corrected chi connectivity index (χ1v) is 11.1. The van der Waals surface area contributed by atoms with Crippen LogP contribution in [-0.4, -0.2) is 21.2 Å². The minimum atomic E-state index is -0.0791. The Kier molecular flexibility index (Phi) is 6.25. The molecule has 28 heavy (non-hydrogen) atoms. The van der Waals surface area contributed by atoms with E-state index in [0.29, 0.717) is 10.5 Å². The van der Waals surface area contributed by atoms with Gasteiger partial charge in [0.05, 0.1) is 17.2 Å². The Balaban J connectivity index is 1.81. The smallest absolute Gasteiger partial charge is 0.263 e. The molecule has 3 rings (SSSR count). The Morgan fingerprint density at radius 2 is 1.89 bits per heavy atom. The summed E-state index contributed by atoms with van der Waals surface area (Å²) in [5, 5.41) is 4.30. The van der Waals surface area contributed by atoms with Crippen molar-refractivity contribution in [2.45, 2.75) is 51.9 Å². The number of rotatable bonds is 6. The second kappa shape index (κ2) is 8.49. The van der Waals surface area contributed by atoms with Gasteiger partial charge < -0.3 is 5.32 Å². The average Bonchev–Trinajstić information content (AvgIpc) is 2.94. The molecule has 0 aliphatic rings. The van der Waals surface area contributed by atoms with Crippen LogP contribution in [-0.2, 0) is 4.79 Å². The predicted octanol–water partition coefficient (Wildman–Crippen LogP) is 4.63. The minimum Gasteiger partial charge on any atom is -0.349 e. The molecule has 1 aromatic carbocycles. The highest BCUT2D eigenvalue weighted by molar-refractivity contribution is 7.99. The minimum absolute atomic E-state index is 0.0255. The van der Waals surface area contributed by atoms with Gasteiger partial charge in [-0.05, 0) is 45.7 Å². The van der Waals surface area contributed by atoms with Crippen LogP contribution in [0.4, 0.5) is 0 Å². The first-order chi connectivity index (χ1) is 13.3. The molecule has 1 atom stereocenters. The topological polar surface area (TPSA) is 64.0 Å². The largest absolute Gasteiger partial charge is 0.349 e. The number of thioether (sulfide) groups is 1. The second-order valence-electron chi connectivity index (χ2n) is 7.12. The number of hydrogen-bond acceptors (Lipinski definition) is 5. The number of amides is 1. The SMILES string of the molecule is Cc1sc2nc(SCC(=O)NC(C)c3ccccc3)n(C(C)C)c(=O)c2c1C. The molecule has 3 aromatic rings. The quantitative estimate of drug-likeness (QED) is 0.471. The number of nitrogens with zero attached hydrogens (tertiary/aromatic N) is 2. The lowest BCUT2D eigenvalue weighted by molar-refractivity contribution is -0.119. The lowest BCUT2D eigenvalue weighted by atomic mass is 10.1. The molecule has 5 nitrogen and oxygen atoms in total. The third-order valence-corrected chi connectivity index (χ3v) is 6.78. The molecular weight excluding hydrogens is 390 g/mol. The van der Waals surface area contributed by atoms with Crippen LogP contribution >= 0.6 is 23.1 Å². The van der Waals surface area contributed by atoms with E-state index in [1.54, 1.807) is 4.57 Å². The third kappa shape index (κ3) is 4.15. The van der Waals surface area contributed by atoms with Crippen molar-refractivity contribution in [3.8, 4) is 0 Å². The lowest BCUT2D eigenvalue weighted by Gasteiger charge is -2.16. The molecule has 148 valence electrons. The first kappa shape index (κ1) is 20.6. The molecule has 0 fully saturated rings. The van der Waals surface area contributed by atoms with Crippen molar-refractivity contribution in [3.63, 3.8) is 0 Å². The highest BCUT2D eigenvalue weighted by atomic mass is 32.2. The molecule has 0 saturated carbocycles. The van der Waals surface area contributed by atoms with Gasteiger partial charge in [-0.25, -0.2) is 4.98 Å². The number of hydrogen-bond donors (Lipinski definition) is 1. The maximum Gasteiger partial charge on any atom is 0.263 e. The van der Waals surface area contributed by atoms with E-state index in [0.717, 1.165) is 20.8 Å². The summed E-state index contributed by atoms with van der Waals surface area (Å²) in [5.74, 6) is 0.134.